The number of H-pyrrole nitrogens is 2. The molecule has 0 bridgehead atoms. The van der Waals surface area contributed by atoms with E-state index in [4.69, 9.17) is 4.74 Å². The normalized spacial score (nSPS) is 19.0. The lowest BCUT2D eigenvalue weighted by Crippen LogP contribution is -2.27. The topological polar surface area (TPSA) is 146 Å². The molecule has 0 aromatic carbocycles. The summed E-state index contributed by atoms with van der Waals surface area (Å²) in [5.74, 6) is 0.243. The van der Waals surface area contributed by atoms with E-state index in [0.29, 0.717) is 29.0 Å². The largest absolute Gasteiger partial charge is 0.493 e. The Labute approximate surface area is 170 Å². The highest BCUT2D eigenvalue weighted by Crippen LogP contribution is 2.45. The van der Waals surface area contributed by atoms with Gasteiger partial charge in [-0.15, -0.1) is 0 Å². The van der Waals surface area contributed by atoms with Crippen LogP contribution in [-0.2, 0) is 4.74 Å². The number of hydrogen-bond donors (Lipinski definition) is 4. The minimum Gasteiger partial charge on any atom is -0.493 e. The molecule has 0 saturated heterocycles. The average molecular weight is 412 g/mol. The summed E-state index contributed by atoms with van der Waals surface area (Å²) in [6, 6.07) is 0.269. The van der Waals surface area contributed by atoms with Gasteiger partial charge < -0.3 is 20.1 Å². The number of aromatic nitrogens is 6. The number of nitrogens with zero attached hydrogens (tertiary/aromatic N) is 5. The van der Waals surface area contributed by atoms with Gasteiger partial charge in [0.15, 0.2) is 5.65 Å². The summed E-state index contributed by atoms with van der Waals surface area (Å²) in [6.45, 7) is 4.16. The molecule has 0 radical (unpaired) electrons. The number of anilines is 1. The highest BCUT2D eigenvalue weighted by molar-refractivity contribution is 5.57. The molecule has 2 aliphatic rings. The molecule has 0 atom stereocenters. The smallest absolute Gasteiger partial charge is 0.326 e. The van der Waals surface area contributed by atoms with Gasteiger partial charge in [0.25, 0.3) is 5.62 Å². The number of imidazole rings is 1. The van der Waals surface area contributed by atoms with Crippen LogP contribution < -0.4 is 21.8 Å². The first-order valence-corrected chi connectivity index (χ1v) is 10.2. The standard InChI is InChI=1S/C19H24N8O3/c1-2-30-10-19(5-6-19)9-20-16-24-14-11(7-13-15(28)25-18(29)23-13)8-21-27(14)17(26-16)22-12-3-4-12/h7-8,12,28H,2-6,9-10H2,1H3,(H,20,22,26)(H2,23,25,29)/b11-7-. The van der Waals surface area contributed by atoms with Gasteiger partial charge in [-0.05, 0) is 38.7 Å². The maximum absolute atomic E-state index is 11.4. The van der Waals surface area contributed by atoms with Gasteiger partial charge in [0.2, 0.25) is 11.8 Å². The number of hydrogen-bond acceptors (Lipinski definition) is 8. The fourth-order valence-electron chi connectivity index (χ4n) is 3.29. The molecule has 30 heavy (non-hydrogen) atoms. The van der Waals surface area contributed by atoms with E-state index in [9.17, 15) is 9.90 Å². The van der Waals surface area contributed by atoms with E-state index >= 15 is 0 Å². The summed E-state index contributed by atoms with van der Waals surface area (Å²) in [6.07, 6.45) is 7.56. The van der Waals surface area contributed by atoms with Crippen LogP contribution in [0.3, 0.4) is 0 Å². The van der Waals surface area contributed by atoms with Crippen molar-refractivity contribution in [2.24, 2.45) is 10.4 Å². The average Bonchev–Trinajstić information content (AvgIpc) is 3.63. The molecule has 0 aliphatic heterocycles. The zero-order valence-electron chi connectivity index (χ0n) is 16.7. The van der Waals surface area contributed by atoms with Crippen LogP contribution in [0, 0.1) is 5.41 Å². The number of ether oxygens (including phenoxy) is 1. The van der Waals surface area contributed by atoms with E-state index < -0.39 is 5.69 Å². The fourth-order valence-corrected chi connectivity index (χ4v) is 3.29. The van der Waals surface area contributed by atoms with Gasteiger partial charge in [-0.1, -0.05) is 0 Å². The van der Waals surface area contributed by atoms with Crippen LogP contribution in [0.1, 0.15) is 38.3 Å². The Balaban J connectivity index is 1.53. The van der Waals surface area contributed by atoms with Crippen LogP contribution in [0.5, 0.6) is 5.88 Å². The van der Waals surface area contributed by atoms with Crippen LogP contribution in [0.2, 0.25) is 0 Å². The molecule has 0 amide bonds. The van der Waals surface area contributed by atoms with Crippen molar-refractivity contribution in [1.29, 1.82) is 0 Å². The summed E-state index contributed by atoms with van der Waals surface area (Å²) in [7, 11) is 0. The van der Waals surface area contributed by atoms with E-state index in [-0.39, 0.29) is 23.0 Å². The van der Waals surface area contributed by atoms with E-state index in [1.165, 1.54) is 0 Å². The van der Waals surface area contributed by atoms with Gasteiger partial charge in [0.05, 0.1) is 18.8 Å². The van der Waals surface area contributed by atoms with Crippen molar-refractivity contribution in [3.05, 3.63) is 33.2 Å². The maximum Gasteiger partial charge on any atom is 0.326 e. The zero-order chi connectivity index (χ0) is 20.7. The van der Waals surface area contributed by atoms with Crippen molar-refractivity contribution >= 4 is 17.7 Å². The van der Waals surface area contributed by atoms with Crippen molar-refractivity contribution in [1.82, 2.24) is 29.5 Å². The molecule has 11 heteroatoms. The number of rotatable bonds is 8. The van der Waals surface area contributed by atoms with Gasteiger partial charge in [0, 0.05) is 23.8 Å². The van der Waals surface area contributed by atoms with Crippen LogP contribution >= 0.6 is 0 Å². The molecule has 2 saturated carbocycles. The first-order valence-electron chi connectivity index (χ1n) is 10.2. The molecule has 3 aromatic heterocycles. The summed E-state index contributed by atoms with van der Waals surface area (Å²) < 4.78 is 7.20. The monoisotopic (exact) mass is 412 g/mol. The number of nitrogens with one attached hydrogen (secondary N) is 3. The minimum atomic E-state index is -0.486. The van der Waals surface area contributed by atoms with E-state index in [1.54, 1.807) is 16.8 Å². The molecule has 158 valence electrons. The third-order valence-electron chi connectivity index (χ3n) is 5.45. The van der Waals surface area contributed by atoms with E-state index in [1.807, 2.05) is 6.92 Å². The second-order valence-electron chi connectivity index (χ2n) is 8.02. The van der Waals surface area contributed by atoms with Gasteiger partial charge in [-0.2, -0.15) is 19.6 Å². The quantitative estimate of drug-likeness (QED) is 0.397. The van der Waals surface area contributed by atoms with Crippen molar-refractivity contribution in [2.75, 3.05) is 25.1 Å². The summed E-state index contributed by atoms with van der Waals surface area (Å²) >= 11 is 0. The molecule has 5 rings (SSSR count). The molecular formula is C19H24N8O3. The molecule has 2 aliphatic carbocycles. The van der Waals surface area contributed by atoms with Crippen LogP contribution in [0.15, 0.2) is 16.0 Å². The van der Waals surface area contributed by atoms with Crippen LogP contribution in [0.4, 0.5) is 5.95 Å². The van der Waals surface area contributed by atoms with Crippen molar-refractivity contribution in [2.45, 2.75) is 38.6 Å². The van der Waals surface area contributed by atoms with Crippen LogP contribution in [0.25, 0.3) is 11.7 Å². The predicted molar refractivity (Wildman–Crippen MR) is 108 cm³/mol. The maximum atomic E-state index is 11.4. The molecular weight excluding hydrogens is 388 g/mol. The molecule has 0 spiro atoms. The molecule has 2 fully saturated rings. The van der Waals surface area contributed by atoms with Crippen LogP contribution in [-0.4, -0.2) is 60.5 Å². The lowest BCUT2D eigenvalue weighted by molar-refractivity contribution is 0.105. The number of aromatic amines is 2. The third-order valence-corrected chi connectivity index (χ3v) is 5.45. The number of fused-ring (bicyclic) bond motifs is 1. The molecule has 3 aromatic rings. The lowest BCUT2D eigenvalue weighted by atomic mass is 10.1. The summed E-state index contributed by atoms with van der Waals surface area (Å²) in [5.41, 5.74) is 0.956. The highest BCUT2D eigenvalue weighted by atomic mass is 16.5. The Kier molecular flexibility index (Phi) is 4.54. The Morgan fingerprint density at radius 2 is 2.23 bits per heavy atom. The van der Waals surface area contributed by atoms with Crippen molar-refractivity contribution in [3.63, 3.8) is 0 Å². The van der Waals surface area contributed by atoms with Gasteiger partial charge in [0.1, 0.15) is 5.69 Å². The first-order chi connectivity index (χ1) is 14.5. The number of aromatic hydroxyl groups is 1. The molecule has 3 heterocycles. The fraction of sp³-hybridized carbons (Fsp3) is 0.526. The predicted octanol–water partition coefficient (Wildman–Crippen LogP) is -0.314. The second kappa shape index (κ2) is 7.24. The lowest BCUT2D eigenvalue weighted by Gasteiger charge is -2.15. The highest BCUT2D eigenvalue weighted by Gasteiger charge is 2.42. The van der Waals surface area contributed by atoms with E-state index in [2.05, 4.69) is 35.3 Å². The molecule has 4 N–H and O–H groups in total. The Morgan fingerprint density at radius 3 is 2.90 bits per heavy atom. The molecule has 11 nitrogen and oxygen atoms in total. The van der Waals surface area contributed by atoms with E-state index in [0.717, 1.165) is 38.8 Å². The Morgan fingerprint density at radius 1 is 1.40 bits per heavy atom. The first kappa shape index (κ1) is 18.8. The minimum absolute atomic E-state index is 0.144. The Bertz CT molecular complexity index is 1250. The summed E-state index contributed by atoms with van der Waals surface area (Å²) in [4.78, 5) is 30.1. The van der Waals surface area contributed by atoms with Gasteiger partial charge >= 0.3 is 5.69 Å². The SMILES string of the molecule is CCOCC1(CNc2nc(=NC3CC3)n3nc/c(=C/c4[nH]c(=O)[nH]c4O)c3n2)CC1. The molecule has 0 unspecified atom stereocenters. The summed E-state index contributed by atoms with van der Waals surface area (Å²) in [5, 5.41) is 18.2. The second-order valence-corrected chi connectivity index (χ2v) is 8.02. The van der Waals surface area contributed by atoms with Crippen molar-refractivity contribution in [3.8, 4) is 5.88 Å². The van der Waals surface area contributed by atoms with Gasteiger partial charge in [-0.25, -0.2) is 9.79 Å². The van der Waals surface area contributed by atoms with Crippen molar-refractivity contribution < 1.29 is 9.84 Å². The third kappa shape index (κ3) is 3.80. The Hall–Kier alpha value is -3.21. The zero-order valence-corrected chi connectivity index (χ0v) is 16.7. The van der Waals surface area contributed by atoms with Gasteiger partial charge in [-0.3, -0.25) is 4.98 Å².